The number of hydrogen-bond donors (Lipinski definition) is 1. The summed E-state index contributed by atoms with van der Waals surface area (Å²) in [5.74, 6) is -0.436. The summed E-state index contributed by atoms with van der Waals surface area (Å²) in [6.07, 6.45) is 2.27. The highest BCUT2D eigenvalue weighted by Crippen LogP contribution is 2.25. The van der Waals surface area contributed by atoms with E-state index in [1.807, 2.05) is 0 Å². The number of fused-ring (bicyclic) bond motifs is 1. The summed E-state index contributed by atoms with van der Waals surface area (Å²) in [6, 6.07) is 0. The zero-order valence-electron chi connectivity index (χ0n) is 8.34. The van der Waals surface area contributed by atoms with Gasteiger partial charge in [-0.3, -0.25) is 4.98 Å². The molecule has 0 fully saturated rings. The van der Waals surface area contributed by atoms with E-state index in [0.717, 1.165) is 24.2 Å². The number of carbonyl (C=O) groups is 1. The molecule has 0 aliphatic carbocycles. The fourth-order valence-corrected chi connectivity index (χ4v) is 1.97. The minimum atomic E-state index is -0.436. The summed E-state index contributed by atoms with van der Waals surface area (Å²) in [7, 11) is 1.33. The highest BCUT2D eigenvalue weighted by Gasteiger charge is 2.19. The lowest BCUT2D eigenvalue weighted by Gasteiger charge is -2.18. The summed E-state index contributed by atoms with van der Waals surface area (Å²) in [4.78, 5) is 15.6. The van der Waals surface area contributed by atoms with Gasteiger partial charge in [-0.1, -0.05) is 11.6 Å². The predicted octanol–water partition coefficient (Wildman–Crippen LogP) is 1.17. The van der Waals surface area contributed by atoms with Crippen LogP contribution in [0.15, 0.2) is 6.20 Å². The molecule has 0 bridgehead atoms. The van der Waals surface area contributed by atoms with Gasteiger partial charge in [0.2, 0.25) is 0 Å². The van der Waals surface area contributed by atoms with Crippen molar-refractivity contribution in [1.29, 1.82) is 0 Å². The highest BCUT2D eigenvalue weighted by atomic mass is 35.5. The van der Waals surface area contributed by atoms with Crippen molar-refractivity contribution in [3.8, 4) is 0 Å². The summed E-state index contributed by atoms with van der Waals surface area (Å²) in [5.41, 5.74) is 2.22. The molecular formula is C10H11ClN2O2. The minimum Gasteiger partial charge on any atom is -0.465 e. The minimum absolute atomic E-state index is 0.347. The largest absolute Gasteiger partial charge is 0.465 e. The van der Waals surface area contributed by atoms with E-state index in [-0.39, 0.29) is 0 Å². The van der Waals surface area contributed by atoms with Gasteiger partial charge < -0.3 is 10.1 Å². The molecule has 1 aliphatic heterocycles. The fraction of sp³-hybridized carbons (Fsp3) is 0.400. The Morgan fingerprint density at radius 1 is 1.67 bits per heavy atom. The number of esters is 1. The maximum Gasteiger partial charge on any atom is 0.340 e. The van der Waals surface area contributed by atoms with Gasteiger partial charge in [0.15, 0.2) is 0 Å². The molecule has 80 valence electrons. The molecule has 1 aromatic rings. The standard InChI is InChI=1S/C10H11ClN2O2/c1-15-10(14)7-4-13-8-5-12-3-2-6(8)9(7)11/h4,12H,2-3,5H2,1H3. The molecular weight excluding hydrogens is 216 g/mol. The summed E-state index contributed by atoms with van der Waals surface area (Å²) in [6.45, 7) is 1.57. The van der Waals surface area contributed by atoms with Crippen molar-refractivity contribution < 1.29 is 9.53 Å². The van der Waals surface area contributed by atoms with Crippen LogP contribution in [0.1, 0.15) is 21.6 Å². The molecule has 1 aromatic heterocycles. The van der Waals surface area contributed by atoms with Crippen LogP contribution >= 0.6 is 11.6 Å². The Balaban J connectivity index is 2.47. The van der Waals surface area contributed by atoms with Crippen LogP contribution in [0.3, 0.4) is 0 Å². The number of pyridine rings is 1. The van der Waals surface area contributed by atoms with E-state index < -0.39 is 5.97 Å². The first kappa shape index (κ1) is 10.4. The molecule has 1 aliphatic rings. The van der Waals surface area contributed by atoms with E-state index in [9.17, 15) is 4.79 Å². The maximum absolute atomic E-state index is 11.4. The highest BCUT2D eigenvalue weighted by molar-refractivity contribution is 6.34. The second-order valence-corrected chi connectivity index (χ2v) is 3.71. The summed E-state index contributed by atoms with van der Waals surface area (Å²) < 4.78 is 4.63. The van der Waals surface area contributed by atoms with E-state index in [2.05, 4.69) is 15.0 Å². The molecule has 2 rings (SSSR count). The van der Waals surface area contributed by atoms with Gasteiger partial charge in [-0.25, -0.2) is 4.79 Å². The van der Waals surface area contributed by atoms with E-state index in [0.29, 0.717) is 17.1 Å². The van der Waals surface area contributed by atoms with Crippen molar-refractivity contribution in [2.24, 2.45) is 0 Å². The summed E-state index contributed by atoms with van der Waals surface area (Å²) in [5, 5.41) is 3.67. The Hall–Kier alpha value is -1.13. The molecule has 0 saturated carbocycles. The monoisotopic (exact) mass is 226 g/mol. The number of aromatic nitrogens is 1. The Labute approximate surface area is 92.6 Å². The van der Waals surface area contributed by atoms with E-state index in [4.69, 9.17) is 11.6 Å². The molecule has 4 nitrogen and oxygen atoms in total. The number of methoxy groups -OCH3 is 1. The number of ether oxygens (including phenoxy) is 1. The van der Waals surface area contributed by atoms with Crippen molar-refractivity contribution in [2.75, 3.05) is 13.7 Å². The van der Waals surface area contributed by atoms with Crippen LogP contribution in [0.2, 0.25) is 5.02 Å². The van der Waals surface area contributed by atoms with E-state index in [1.165, 1.54) is 13.3 Å². The number of nitrogens with one attached hydrogen (secondary N) is 1. The van der Waals surface area contributed by atoms with Crippen LogP contribution < -0.4 is 5.32 Å². The molecule has 0 amide bonds. The molecule has 0 atom stereocenters. The topological polar surface area (TPSA) is 51.2 Å². The van der Waals surface area contributed by atoms with Crippen LogP contribution in [0.25, 0.3) is 0 Å². The van der Waals surface area contributed by atoms with Gasteiger partial charge in [-0.05, 0) is 18.5 Å². The first-order valence-corrected chi connectivity index (χ1v) is 5.07. The van der Waals surface area contributed by atoms with Gasteiger partial charge in [0.05, 0.1) is 23.4 Å². The van der Waals surface area contributed by atoms with E-state index in [1.54, 1.807) is 0 Å². The van der Waals surface area contributed by atoms with Crippen LogP contribution in [0.4, 0.5) is 0 Å². The van der Waals surface area contributed by atoms with Gasteiger partial charge in [0.25, 0.3) is 0 Å². The Bertz CT molecular complexity index is 407. The van der Waals surface area contributed by atoms with Gasteiger partial charge in [0, 0.05) is 12.7 Å². The number of nitrogens with zero attached hydrogens (tertiary/aromatic N) is 1. The number of rotatable bonds is 1. The van der Waals surface area contributed by atoms with E-state index >= 15 is 0 Å². The quantitative estimate of drug-likeness (QED) is 0.731. The van der Waals surface area contributed by atoms with Crippen LogP contribution in [0.5, 0.6) is 0 Å². The lowest BCUT2D eigenvalue weighted by atomic mass is 10.0. The Kier molecular flexibility index (Phi) is 2.88. The average molecular weight is 227 g/mol. The lowest BCUT2D eigenvalue weighted by Crippen LogP contribution is -2.25. The molecule has 0 radical (unpaired) electrons. The smallest absolute Gasteiger partial charge is 0.340 e. The summed E-state index contributed by atoms with van der Waals surface area (Å²) >= 11 is 6.13. The molecule has 15 heavy (non-hydrogen) atoms. The zero-order chi connectivity index (χ0) is 10.8. The number of halogens is 1. The Morgan fingerprint density at radius 3 is 3.20 bits per heavy atom. The molecule has 0 saturated heterocycles. The zero-order valence-corrected chi connectivity index (χ0v) is 9.10. The molecule has 0 spiro atoms. The van der Waals surface area contributed by atoms with Crippen LogP contribution in [-0.2, 0) is 17.7 Å². The second-order valence-electron chi connectivity index (χ2n) is 3.33. The van der Waals surface area contributed by atoms with Crippen molar-refractivity contribution in [3.63, 3.8) is 0 Å². The van der Waals surface area contributed by atoms with Crippen molar-refractivity contribution >= 4 is 17.6 Å². The molecule has 0 aromatic carbocycles. The van der Waals surface area contributed by atoms with Gasteiger partial charge in [0.1, 0.15) is 0 Å². The van der Waals surface area contributed by atoms with Crippen molar-refractivity contribution in [1.82, 2.24) is 10.3 Å². The average Bonchev–Trinajstić information content (AvgIpc) is 2.29. The number of carbonyl (C=O) groups excluding carboxylic acids is 1. The SMILES string of the molecule is COC(=O)c1cnc2c(c1Cl)CCNC2. The first-order chi connectivity index (χ1) is 7.24. The van der Waals surface area contributed by atoms with Crippen LogP contribution in [-0.4, -0.2) is 24.6 Å². The normalized spacial score (nSPS) is 14.5. The Morgan fingerprint density at radius 2 is 2.47 bits per heavy atom. The van der Waals surface area contributed by atoms with Gasteiger partial charge in [-0.2, -0.15) is 0 Å². The molecule has 0 unspecified atom stereocenters. The predicted molar refractivity (Wildman–Crippen MR) is 56.0 cm³/mol. The second kappa shape index (κ2) is 4.16. The third-order valence-corrected chi connectivity index (χ3v) is 2.88. The van der Waals surface area contributed by atoms with Crippen molar-refractivity contribution in [3.05, 3.63) is 28.0 Å². The van der Waals surface area contributed by atoms with Crippen LogP contribution in [0, 0.1) is 0 Å². The number of hydrogen-bond acceptors (Lipinski definition) is 4. The van der Waals surface area contributed by atoms with Gasteiger partial charge >= 0.3 is 5.97 Å². The lowest BCUT2D eigenvalue weighted by molar-refractivity contribution is 0.0600. The first-order valence-electron chi connectivity index (χ1n) is 4.69. The molecule has 2 heterocycles. The molecule has 1 N–H and O–H groups in total. The third-order valence-electron chi connectivity index (χ3n) is 2.45. The maximum atomic E-state index is 11.4. The van der Waals surface area contributed by atoms with Gasteiger partial charge in [-0.15, -0.1) is 0 Å². The fourth-order valence-electron chi connectivity index (χ4n) is 1.65. The molecule has 5 heteroatoms. The van der Waals surface area contributed by atoms with Crippen molar-refractivity contribution in [2.45, 2.75) is 13.0 Å². The third kappa shape index (κ3) is 1.82.